The minimum absolute atomic E-state index is 0.0438. The number of benzene rings is 2. The molecule has 1 unspecified atom stereocenters. The van der Waals surface area contributed by atoms with Crippen LogP contribution in [0.1, 0.15) is 39.8 Å². The van der Waals surface area contributed by atoms with Crippen molar-refractivity contribution in [3.63, 3.8) is 0 Å². The van der Waals surface area contributed by atoms with E-state index in [-0.39, 0.29) is 18.6 Å². The number of rotatable bonds is 7. The van der Waals surface area contributed by atoms with Gasteiger partial charge >= 0.3 is 0 Å². The molecule has 1 fully saturated rings. The van der Waals surface area contributed by atoms with Gasteiger partial charge in [-0.05, 0) is 55.2 Å². The van der Waals surface area contributed by atoms with Gasteiger partial charge in [-0.2, -0.15) is 0 Å². The van der Waals surface area contributed by atoms with E-state index < -0.39 is 0 Å². The van der Waals surface area contributed by atoms with Crippen LogP contribution in [-0.2, 0) is 4.79 Å². The predicted molar refractivity (Wildman–Crippen MR) is 119 cm³/mol. The van der Waals surface area contributed by atoms with Crippen molar-refractivity contribution in [3.8, 4) is 11.5 Å². The van der Waals surface area contributed by atoms with E-state index in [0.717, 1.165) is 5.56 Å². The maximum atomic E-state index is 12.3. The van der Waals surface area contributed by atoms with Crippen molar-refractivity contribution in [2.45, 2.75) is 31.4 Å². The van der Waals surface area contributed by atoms with E-state index in [4.69, 9.17) is 9.47 Å². The van der Waals surface area contributed by atoms with Crippen LogP contribution in [0.5, 0.6) is 11.5 Å². The summed E-state index contributed by atoms with van der Waals surface area (Å²) >= 11 is 3.90. The average Bonchev–Trinajstić information content (AvgIpc) is 3.23. The normalized spacial score (nSPS) is 15.3. The summed E-state index contributed by atoms with van der Waals surface area (Å²) in [6.07, 6.45) is 0. The molecule has 1 aliphatic heterocycles. The number of thioether (sulfide) groups is 2. The number of hydrogen-bond acceptors (Lipinski definition) is 5. The summed E-state index contributed by atoms with van der Waals surface area (Å²) in [5.74, 6) is 3.45. The van der Waals surface area contributed by atoms with Crippen LogP contribution in [0.3, 0.4) is 0 Å². The Labute approximate surface area is 175 Å². The number of carbonyl (C=O) groups is 1. The zero-order chi connectivity index (χ0) is 20.1. The highest BCUT2D eigenvalue weighted by Gasteiger charge is 2.20. The van der Waals surface area contributed by atoms with E-state index in [1.807, 2.05) is 42.6 Å². The third kappa shape index (κ3) is 5.17. The van der Waals surface area contributed by atoms with Gasteiger partial charge < -0.3 is 14.8 Å². The maximum absolute atomic E-state index is 12.3. The first-order valence-electron chi connectivity index (χ1n) is 9.38. The van der Waals surface area contributed by atoms with Gasteiger partial charge in [0, 0.05) is 11.5 Å². The van der Waals surface area contributed by atoms with Gasteiger partial charge in [0.25, 0.3) is 5.91 Å². The smallest absolute Gasteiger partial charge is 0.258 e. The number of ether oxygens (including phenoxy) is 2. The molecule has 28 heavy (non-hydrogen) atoms. The molecular formula is C22H27NO3S2. The number of hydrogen-bond donors (Lipinski definition) is 1. The molecule has 1 N–H and O–H groups in total. The lowest BCUT2D eigenvalue weighted by Gasteiger charge is -2.17. The van der Waals surface area contributed by atoms with E-state index in [0.29, 0.717) is 16.1 Å². The van der Waals surface area contributed by atoms with Gasteiger partial charge in [-0.25, -0.2) is 0 Å². The van der Waals surface area contributed by atoms with Crippen LogP contribution in [0.15, 0.2) is 36.4 Å². The zero-order valence-corrected chi connectivity index (χ0v) is 18.4. The molecular weight excluding hydrogens is 390 g/mol. The molecule has 1 heterocycles. The molecule has 2 aromatic rings. The van der Waals surface area contributed by atoms with Gasteiger partial charge in [-0.1, -0.05) is 24.3 Å². The second-order valence-corrected chi connectivity index (χ2v) is 9.63. The minimum Gasteiger partial charge on any atom is -0.493 e. The third-order valence-corrected chi connectivity index (χ3v) is 7.95. The van der Waals surface area contributed by atoms with Crippen molar-refractivity contribution >= 4 is 29.4 Å². The number of amides is 1. The van der Waals surface area contributed by atoms with Gasteiger partial charge in [-0.15, -0.1) is 23.5 Å². The molecule has 1 atom stereocenters. The minimum atomic E-state index is -0.154. The number of methoxy groups -OCH3 is 1. The number of nitrogens with one attached hydrogen (secondary N) is 1. The van der Waals surface area contributed by atoms with Gasteiger partial charge in [0.1, 0.15) is 0 Å². The molecule has 4 nitrogen and oxygen atoms in total. The summed E-state index contributed by atoms with van der Waals surface area (Å²) < 4.78 is 11.7. The van der Waals surface area contributed by atoms with E-state index in [1.165, 1.54) is 28.2 Å². The van der Waals surface area contributed by atoms with Gasteiger partial charge in [0.2, 0.25) is 0 Å². The first kappa shape index (κ1) is 20.9. The Morgan fingerprint density at radius 1 is 1.11 bits per heavy atom. The molecule has 3 rings (SSSR count). The Kier molecular flexibility index (Phi) is 7.18. The first-order valence-corrected chi connectivity index (χ1v) is 11.5. The van der Waals surface area contributed by atoms with Crippen LogP contribution in [0.4, 0.5) is 0 Å². The summed E-state index contributed by atoms with van der Waals surface area (Å²) in [4.78, 5) is 12.3. The lowest BCUT2D eigenvalue weighted by atomic mass is 10.0. The van der Waals surface area contributed by atoms with Crippen molar-refractivity contribution in [2.24, 2.45) is 0 Å². The summed E-state index contributed by atoms with van der Waals surface area (Å²) in [5.41, 5.74) is 4.78. The highest BCUT2D eigenvalue weighted by Crippen LogP contribution is 2.46. The molecule has 0 spiro atoms. The van der Waals surface area contributed by atoms with Crippen molar-refractivity contribution in [2.75, 3.05) is 25.2 Å². The summed E-state index contributed by atoms with van der Waals surface area (Å²) in [7, 11) is 1.63. The topological polar surface area (TPSA) is 47.6 Å². The SMILES string of the molecule is COc1cc(C2SCCS2)ccc1OCC(=O)NC(C)c1ccc(C)c(C)c1. The first-order chi connectivity index (χ1) is 13.5. The lowest BCUT2D eigenvalue weighted by molar-refractivity contribution is -0.123. The Hall–Kier alpha value is -1.79. The maximum Gasteiger partial charge on any atom is 0.258 e. The monoisotopic (exact) mass is 417 g/mol. The van der Waals surface area contributed by atoms with E-state index in [1.54, 1.807) is 7.11 Å². The van der Waals surface area contributed by atoms with E-state index in [9.17, 15) is 4.79 Å². The van der Waals surface area contributed by atoms with Crippen LogP contribution in [0.25, 0.3) is 0 Å². The van der Waals surface area contributed by atoms with Crippen molar-refractivity contribution in [1.29, 1.82) is 0 Å². The van der Waals surface area contributed by atoms with Crippen LogP contribution in [0, 0.1) is 13.8 Å². The van der Waals surface area contributed by atoms with Crippen molar-refractivity contribution < 1.29 is 14.3 Å². The summed E-state index contributed by atoms with van der Waals surface area (Å²) in [6, 6.07) is 12.1. The van der Waals surface area contributed by atoms with E-state index in [2.05, 4.69) is 43.4 Å². The van der Waals surface area contributed by atoms with Crippen LogP contribution < -0.4 is 14.8 Å². The summed E-state index contributed by atoms with van der Waals surface area (Å²) in [6.45, 7) is 6.10. The molecule has 0 radical (unpaired) electrons. The zero-order valence-electron chi connectivity index (χ0n) is 16.8. The molecule has 0 aliphatic carbocycles. The molecule has 150 valence electrons. The quantitative estimate of drug-likeness (QED) is 0.683. The van der Waals surface area contributed by atoms with Gasteiger partial charge in [-0.3, -0.25) is 4.79 Å². The fraction of sp³-hybridized carbons (Fsp3) is 0.409. The Morgan fingerprint density at radius 3 is 2.54 bits per heavy atom. The second-order valence-electron chi connectivity index (χ2n) is 6.91. The van der Waals surface area contributed by atoms with Crippen LogP contribution in [0.2, 0.25) is 0 Å². The third-order valence-electron chi connectivity index (χ3n) is 4.85. The van der Waals surface area contributed by atoms with Crippen molar-refractivity contribution in [3.05, 3.63) is 58.7 Å². The summed E-state index contributed by atoms with van der Waals surface area (Å²) in [5, 5.41) is 3.00. The Bertz CT molecular complexity index is 835. The largest absolute Gasteiger partial charge is 0.493 e. The lowest BCUT2D eigenvalue weighted by Crippen LogP contribution is -2.31. The second kappa shape index (κ2) is 9.61. The predicted octanol–water partition coefficient (Wildman–Crippen LogP) is 5.05. The number of aryl methyl sites for hydroxylation is 2. The molecule has 1 amide bonds. The molecule has 0 saturated carbocycles. The molecule has 1 saturated heterocycles. The standard InChI is InChI=1S/C22H27NO3S2/c1-14-5-6-17(11-15(14)2)16(3)23-21(24)13-26-19-8-7-18(12-20(19)25-4)22-27-9-10-28-22/h5-8,11-12,16,22H,9-10,13H2,1-4H3,(H,23,24). The average molecular weight is 418 g/mol. The molecule has 2 aromatic carbocycles. The molecule has 0 bridgehead atoms. The van der Waals surface area contributed by atoms with E-state index >= 15 is 0 Å². The molecule has 6 heteroatoms. The van der Waals surface area contributed by atoms with Crippen LogP contribution in [-0.4, -0.2) is 31.1 Å². The van der Waals surface area contributed by atoms with Gasteiger partial charge in [0.05, 0.1) is 17.7 Å². The van der Waals surface area contributed by atoms with Gasteiger partial charge in [0.15, 0.2) is 18.1 Å². The highest BCUT2D eigenvalue weighted by atomic mass is 32.2. The van der Waals surface area contributed by atoms with Crippen molar-refractivity contribution in [1.82, 2.24) is 5.32 Å². The number of carbonyl (C=O) groups excluding carboxylic acids is 1. The fourth-order valence-electron chi connectivity index (χ4n) is 3.04. The molecule has 1 aliphatic rings. The highest BCUT2D eigenvalue weighted by molar-refractivity contribution is 8.19. The fourth-order valence-corrected chi connectivity index (χ4v) is 5.88. The Balaban J connectivity index is 1.58. The Morgan fingerprint density at radius 2 is 1.86 bits per heavy atom. The molecule has 0 aromatic heterocycles. The van der Waals surface area contributed by atoms with Crippen LogP contribution >= 0.6 is 23.5 Å².